The number of thiophene rings is 1. The fraction of sp³-hybridized carbons (Fsp3) is 0.237. The number of allylic oxidation sites excluding steroid dienone is 2. The maximum Gasteiger partial charge on any atom is 0.246 e. The van der Waals surface area contributed by atoms with Crippen LogP contribution in [0.15, 0.2) is 91.0 Å². The molecule has 2 aliphatic rings. The molecule has 45 heavy (non-hydrogen) atoms. The molecular formula is C38H34FN3O2S. The van der Waals surface area contributed by atoms with Gasteiger partial charge in [0.25, 0.3) is 0 Å². The second kappa shape index (κ2) is 12.8. The van der Waals surface area contributed by atoms with Crippen molar-refractivity contribution in [2.24, 2.45) is 0 Å². The topological polar surface area (TPSA) is 55.3 Å². The average molecular weight is 616 g/mol. The second-order valence-electron chi connectivity index (χ2n) is 11.5. The lowest BCUT2D eigenvalue weighted by atomic mass is 9.92. The number of hydrogen-bond donors (Lipinski definition) is 0. The molecular weight excluding hydrogens is 582 g/mol. The van der Waals surface area contributed by atoms with Gasteiger partial charge in [-0.05, 0) is 79.0 Å². The van der Waals surface area contributed by atoms with Crippen LogP contribution >= 0.6 is 11.3 Å². The number of pyridine rings is 2. The van der Waals surface area contributed by atoms with Crippen molar-refractivity contribution in [3.63, 3.8) is 0 Å². The number of benzene rings is 2. The Bertz CT molecular complexity index is 1950. The van der Waals surface area contributed by atoms with Crippen LogP contribution in [0.4, 0.5) is 4.39 Å². The van der Waals surface area contributed by atoms with Gasteiger partial charge in [0.1, 0.15) is 11.6 Å². The van der Waals surface area contributed by atoms with Crippen LogP contribution < -0.4 is 4.74 Å². The fourth-order valence-electron chi connectivity index (χ4n) is 6.37. The molecule has 2 bridgehead atoms. The Morgan fingerprint density at radius 3 is 2.78 bits per heavy atom. The minimum absolute atomic E-state index is 0.0873. The summed E-state index contributed by atoms with van der Waals surface area (Å²) in [5.74, 6) is 0.0811. The van der Waals surface area contributed by atoms with Gasteiger partial charge < -0.3 is 9.64 Å². The average Bonchev–Trinajstić information content (AvgIpc) is 3.56. The molecule has 5 heterocycles. The Morgan fingerprint density at radius 1 is 0.978 bits per heavy atom. The van der Waals surface area contributed by atoms with E-state index in [0.29, 0.717) is 31.9 Å². The normalized spacial score (nSPS) is 15.8. The lowest BCUT2D eigenvalue weighted by Gasteiger charge is -2.27. The van der Waals surface area contributed by atoms with E-state index in [1.807, 2.05) is 12.3 Å². The summed E-state index contributed by atoms with van der Waals surface area (Å²) in [6.07, 6.45) is 13.2. The van der Waals surface area contributed by atoms with Gasteiger partial charge in [-0.15, -0.1) is 11.3 Å². The largest absolute Gasteiger partial charge is 0.493 e. The molecule has 0 aliphatic carbocycles. The van der Waals surface area contributed by atoms with Crippen LogP contribution in [0.3, 0.4) is 0 Å². The van der Waals surface area contributed by atoms with Gasteiger partial charge in [0.15, 0.2) is 0 Å². The van der Waals surface area contributed by atoms with E-state index in [0.717, 1.165) is 87.1 Å². The molecule has 0 fully saturated rings. The SMILES string of the molecule is C=CC(=O)N1CCc2ncc(-c3nc4c5ccsc5c3-c3ccc(F)cc3OCCCC/C=C/CCc3ccccc3-4)cc2C1. The van der Waals surface area contributed by atoms with E-state index in [9.17, 15) is 9.18 Å². The summed E-state index contributed by atoms with van der Waals surface area (Å²) >= 11 is 1.65. The molecule has 1 amide bonds. The third kappa shape index (κ3) is 5.80. The number of aryl methyl sites for hydroxylation is 1. The summed E-state index contributed by atoms with van der Waals surface area (Å²) in [4.78, 5) is 24.6. The number of carbonyl (C=O) groups is 1. The molecule has 0 radical (unpaired) electrons. The molecule has 7 rings (SSSR count). The van der Waals surface area contributed by atoms with Gasteiger partial charge in [-0.25, -0.2) is 9.37 Å². The van der Waals surface area contributed by atoms with Crippen LogP contribution in [-0.2, 0) is 24.2 Å². The Kier molecular flexibility index (Phi) is 8.27. The zero-order valence-electron chi connectivity index (χ0n) is 25.1. The van der Waals surface area contributed by atoms with Crippen molar-refractivity contribution < 1.29 is 13.9 Å². The maximum absolute atomic E-state index is 14.7. The predicted octanol–water partition coefficient (Wildman–Crippen LogP) is 8.95. The number of hydrogen-bond acceptors (Lipinski definition) is 5. The van der Waals surface area contributed by atoms with Gasteiger partial charge in [0, 0.05) is 69.8 Å². The number of halogens is 1. The maximum atomic E-state index is 14.7. The van der Waals surface area contributed by atoms with E-state index in [-0.39, 0.29) is 11.7 Å². The highest BCUT2D eigenvalue weighted by Crippen LogP contribution is 2.46. The van der Waals surface area contributed by atoms with Gasteiger partial charge in [-0.3, -0.25) is 9.78 Å². The molecule has 3 aromatic heterocycles. The number of aromatic nitrogens is 2. The van der Waals surface area contributed by atoms with Gasteiger partial charge in [-0.1, -0.05) is 43.0 Å². The van der Waals surface area contributed by atoms with Crippen LogP contribution in [0, 0.1) is 5.82 Å². The van der Waals surface area contributed by atoms with Crippen molar-refractivity contribution in [2.75, 3.05) is 13.2 Å². The summed E-state index contributed by atoms with van der Waals surface area (Å²) in [5.41, 5.74) is 8.57. The molecule has 5 nitrogen and oxygen atoms in total. The monoisotopic (exact) mass is 615 g/mol. The van der Waals surface area contributed by atoms with E-state index in [1.165, 1.54) is 23.8 Å². The molecule has 0 saturated heterocycles. The summed E-state index contributed by atoms with van der Waals surface area (Å²) in [6.45, 7) is 5.25. The Hall–Kier alpha value is -4.62. The number of amides is 1. The van der Waals surface area contributed by atoms with Crippen LogP contribution in [-0.4, -0.2) is 33.9 Å². The quantitative estimate of drug-likeness (QED) is 0.147. The first kappa shape index (κ1) is 29.1. The fourth-order valence-corrected chi connectivity index (χ4v) is 7.33. The van der Waals surface area contributed by atoms with E-state index >= 15 is 0 Å². The molecule has 0 saturated carbocycles. The third-order valence-corrected chi connectivity index (χ3v) is 9.59. The van der Waals surface area contributed by atoms with E-state index in [2.05, 4.69) is 60.5 Å². The first-order chi connectivity index (χ1) is 22.1. The molecule has 0 spiro atoms. The van der Waals surface area contributed by atoms with Crippen molar-refractivity contribution in [1.29, 1.82) is 0 Å². The minimum Gasteiger partial charge on any atom is -0.493 e. The first-order valence-corrected chi connectivity index (χ1v) is 16.5. The molecule has 0 unspecified atom stereocenters. The number of nitrogens with zero attached hydrogens (tertiary/aromatic N) is 3. The summed E-state index contributed by atoms with van der Waals surface area (Å²) < 4.78 is 22.1. The van der Waals surface area contributed by atoms with Crippen LogP contribution in [0.5, 0.6) is 5.75 Å². The highest BCUT2D eigenvalue weighted by molar-refractivity contribution is 7.18. The van der Waals surface area contributed by atoms with Gasteiger partial charge in [0.05, 0.1) is 18.0 Å². The number of ether oxygens (including phenoxy) is 1. The van der Waals surface area contributed by atoms with E-state index < -0.39 is 0 Å². The molecule has 5 aromatic rings. The van der Waals surface area contributed by atoms with Crippen molar-refractivity contribution in [2.45, 2.75) is 45.1 Å². The van der Waals surface area contributed by atoms with Crippen molar-refractivity contribution in [1.82, 2.24) is 14.9 Å². The Labute approximate surface area is 266 Å². The lowest BCUT2D eigenvalue weighted by molar-refractivity contribution is -0.126. The van der Waals surface area contributed by atoms with E-state index in [1.54, 1.807) is 16.2 Å². The van der Waals surface area contributed by atoms with Gasteiger partial charge in [-0.2, -0.15) is 0 Å². The molecule has 7 heteroatoms. The summed E-state index contributed by atoms with van der Waals surface area (Å²) in [5, 5.41) is 3.15. The van der Waals surface area contributed by atoms with Crippen LogP contribution in [0.1, 0.15) is 42.5 Å². The number of fused-ring (bicyclic) bond motifs is 5. The second-order valence-corrected chi connectivity index (χ2v) is 12.5. The molecule has 2 aliphatic heterocycles. The zero-order valence-corrected chi connectivity index (χ0v) is 25.9. The molecule has 0 N–H and O–H groups in total. The highest BCUT2D eigenvalue weighted by Gasteiger charge is 2.25. The summed E-state index contributed by atoms with van der Waals surface area (Å²) in [7, 11) is 0. The minimum atomic E-state index is -0.340. The molecule has 0 atom stereocenters. The molecule has 226 valence electrons. The first-order valence-electron chi connectivity index (χ1n) is 15.6. The number of rotatable bonds is 2. The van der Waals surface area contributed by atoms with Gasteiger partial charge >= 0.3 is 0 Å². The van der Waals surface area contributed by atoms with Crippen molar-refractivity contribution in [3.05, 3.63) is 114 Å². The predicted molar refractivity (Wildman–Crippen MR) is 180 cm³/mol. The van der Waals surface area contributed by atoms with Crippen molar-refractivity contribution in [3.8, 4) is 39.4 Å². The van der Waals surface area contributed by atoms with Crippen LogP contribution in [0.2, 0.25) is 0 Å². The third-order valence-electron chi connectivity index (χ3n) is 8.66. The standard InChI is InChI=1S/C38H34FN3O2S/c1-2-34(43)42-18-16-32-27(24-42)21-26(23-40-32)36-35-30-15-14-28(39)22-33(30)44-19-10-6-4-3-5-7-11-25-12-8-9-13-29(25)37(41-36)31-17-20-45-38(31)35/h2-3,5,8-9,12-15,17,20-23H,1,4,6-7,10-11,16,18-19,24H2/b5-3+. The lowest BCUT2D eigenvalue weighted by Crippen LogP contribution is -2.35. The van der Waals surface area contributed by atoms with E-state index in [4.69, 9.17) is 14.7 Å². The Balaban J connectivity index is 1.49. The van der Waals surface area contributed by atoms with Crippen molar-refractivity contribution >= 4 is 27.3 Å². The molecule has 2 aromatic carbocycles. The summed E-state index contributed by atoms with van der Waals surface area (Å²) in [6, 6.07) is 17.6. The van der Waals surface area contributed by atoms with Crippen LogP contribution in [0.25, 0.3) is 43.7 Å². The zero-order chi connectivity index (χ0) is 30.8. The Morgan fingerprint density at radius 2 is 1.87 bits per heavy atom. The number of carbonyl (C=O) groups excluding carboxylic acids is 1. The smallest absolute Gasteiger partial charge is 0.246 e. The highest BCUT2D eigenvalue weighted by atomic mass is 32.1. The van der Waals surface area contributed by atoms with Gasteiger partial charge in [0.2, 0.25) is 5.91 Å².